The first-order chi connectivity index (χ1) is 8.18. The number of aryl methyl sites for hydroxylation is 1. The van der Waals surface area contributed by atoms with Gasteiger partial charge in [0, 0.05) is 19.3 Å². The van der Waals surface area contributed by atoms with E-state index in [1.54, 1.807) is 17.1 Å². The molecule has 0 saturated heterocycles. The van der Waals surface area contributed by atoms with Gasteiger partial charge in [-0.15, -0.1) is 5.10 Å². The summed E-state index contributed by atoms with van der Waals surface area (Å²) >= 11 is 0. The van der Waals surface area contributed by atoms with Gasteiger partial charge in [-0.3, -0.25) is 9.48 Å². The lowest BCUT2D eigenvalue weighted by Gasteiger charge is -2.04. The molecule has 0 aliphatic heterocycles. The second-order valence-electron chi connectivity index (χ2n) is 3.26. The van der Waals surface area contributed by atoms with Gasteiger partial charge in [0.05, 0.1) is 6.20 Å². The molecule has 1 rings (SSSR count). The molecule has 0 radical (unpaired) electrons. The van der Waals surface area contributed by atoms with Crippen LogP contribution in [0.2, 0.25) is 0 Å². The minimum Gasteiger partial charge on any atom is -0.480 e. The van der Waals surface area contributed by atoms with Crippen LogP contribution < -0.4 is 5.32 Å². The Labute approximate surface area is 97.6 Å². The molecule has 17 heavy (non-hydrogen) atoms. The van der Waals surface area contributed by atoms with Crippen LogP contribution in [0.4, 0.5) is 0 Å². The Morgan fingerprint density at radius 2 is 2.24 bits per heavy atom. The molecular weight excluding hydrogens is 228 g/mol. The largest absolute Gasteiger partial charge is 0.480 e. The van der Waals surface area contributed by atoms with Gasteiger partial charge in [-0.25, -0.2) is 4.79 Å². The Morgan fingerprint density at radius 3 is 2.88 bits per heavy atom. The minimum atomic E-state index is -1.09. The Kier molecular flexibility index (Phi) is 5.66. The van der Waals surface area contributed by atoms with Crippen LogP contribution in [0.3, 0.4) is 0 Å². The number of ether oxygens (including phenoxy) is 1. The summed E-state index contributed by atoms with van der Waals surface area (Å²) in [4.78, 5) is 21.2. The maximum Gasteiger partial charge on any atom is 0.329 e. The van der Waals surface area contributed by atoms with Crippen molar-refractivity contribution in [2.24, 2.45) is 0 Å². The number of carboxylic acid groups (broad SMARTS) is 1. The van der Waals surface area contributed by atoms with E-state index in [2.05, 4.69) is 20.4 Å². The summed E-state index contributed by atoms with van der Waals surface area (Å²) in [5, 5.41) is 18.3. The molecule has 0 aromatic carbocycles. The Hall–Kier alpha value is -1.96. The molecule has 0 aliphatic rings. The van der Waals surface area contributed by atoms with E-state index in [0.717, 1.165) is 0 Å². The minimum absolute atomic E-state index is 0.240. The van der Waals surface area contributed by atoms with E-state index in [4.69, 9.17) is 5.11 Å². The molecule has 1 amide bonds. The van der Waals surface area contributed by atoms with Crippen molar-refractivity contribution in [3.05, 3.63) is 12.4 Å². The zero-order chi connectivity index (χ0) is 12.5. The molecule has 8 heteroatoms. The van der Waals surface area contributed by atoms with Gasteiger partial charge in [0.25, 0.3) is 0 Å². The lowest BCUT2D eigenvalue weighted by atomic mass is 10.4. The van der Waals surface area contributed by atoms with Crippen LogP contribution in [0.5, 0.6) is 0 Å². The Balaban J connectivity index is 1.98. The topological polar surface area (TPSA) is 106 Å². The van der Waals surface area contributed by atoms with Gasteiger partial charge in [-0.2, -0.15) is 0 Å². The second-order valence-corrected chi connectivity index (χ2v) is 3.26. The van der Waals surface area contributed by atoms with Crippen molar-refractivity contribution < 1.29 is 19.4 Å². The molecule has 1 aromatic heterocycles. The monoisotopic (exact) mass is 242 g/mol. The normalized spacial score (nSPS) is 10.1. The third-order valence-corrected chi connectivity index (χ3v) is 1.82. The van der Waals surface area contributed by atoms with E-state index in [-0.39, 0.29) is 12.5 Å². The van der Waals surface area contributed by atoms with Crippen LogP contribution in [0.15, 0.2) is 12.4 Å². The van der Waals surface area contributed by atoms with Crippen molar-refractivity contribution in [3.63, 3.8) is 0 Å². The zero-order valence-corrected chi connectivity index (χ0v) is 9.20. The van der Waals surface area contributed by atoms with Gasteiger partial charge in [-0.1, -0.05) is 5.21 Å². The first kappa shape index (κ1) is 13.1. The van der Waals surface area contributed by atoms with Gasteiger partial charge in [0.2, 0.25) is 5.91 Å². The molecule has 0 spiro atoms. The Morgan fingerprint density at radius 1 is 1.41 bits per heavy atom. The summed E-state index contributed by atoms with van der Waals surface area (Å²) in [5.41, 5.74) is 0. The quantitative estimate of drug-likeness (QED) is 0.559. The molecule has 0 aliphatic carbocycles. The summed E-state index contributed by atoms with van der Waals surface area (Å²) in [7, 11) is 0. The zero-order valence-electron chi connectivity index (χ0n) is 9.20. The standard InChI is InChI=1S/C9H14N4O4/c14-8(6-17-7-9(15)16)10-2-1-4-13-5-3-11-12-13/h3,5H,1-2,4,6-7H2,(H,10,14)(H,15,16). The molecule has 0 unspecified atom stereocenters. The van der Waals surface area contributed by atoms with Crippen LogP contribution in [-0.2, 0) is 20.9 Å². The average Bonchev–Trinajstić information content (AvgIpc) is 2.76. The van der Waals surface area contributed by atoms with E-state index in [9.17, 15) is 9.59 Å². The maximum atomic E-state index is 11.1. The number of nitrogens with one attached hydrogen (secondary N) is 1. The average molecular weight is 242 g/mol. The van der Waals surface area contributed by atoms with Gasteiger partial charge in [-0.05, 0) is 6.42 Å². The molecule has 1 aromatic rings. The lowest BCUT2D eigenvalue weighted by molar-refractivity contribution is -0.143. The SMILES string of the molecule is O=C(O)COCC(=O)NCCCn1ccnn1. The third-order valence-electron chi connectivity index (χ3n) is 1.82. The van der Waals surface area contributed by atoms with Gasteiger partial charge in [0.1, 0.15) is 13.2 Å². The predicted octanol–water partition coefficient (Wildman–Crippen LogP) is -1.11. The number of nitrogens with zero attached hydrogens (tertiary/aromatic N) is 3. The maximum absolute atomic E-state index is 11.1. The van der Waals surface area contributed by atoms with E-state index in [1.807, 2.05) is 0 Å². The summed E-state index contributed by atoms with van der Waals surface area (Å²) in [5.74, 6) is -1.42. The summed E-state index contributed by atoms with van der Waals surface area (Å²) < 4.78 is 6.28. The molecule has 0 saturated carbocycles. The highest BCUT2D eigenvalue weighted by Crippen LogP contribution is 1.86. The number of rotatable bonds is 8. The number of hydrogen-bond acceptors (Lipinski definition) is 5. The molecule has 2 N–H and O–H groups in total. The van der Waals surface area contributed by atoms with E-state index < -0.39 is 12.6 Å². The van der Waals surface area contributed by atoms with E-state index >= 15 is 0 Å². The molecule has 0 fully saturated rings. The van der Waals surface area contributed by atoms with Gasteiger partial charge < -0.3 is 15.2 Å². The first-order valence-electron chi connectivity index (χ1n) is 5.09. The fraction of sp³-hybridized carbons (Fsp3) is 0.556. The Bertz CT molecular complexity index is 352. The number of aliphatic carboxylic acids is 1. The van der Waals surface area contributed by atoms with Crippen LogP contribution in [0.1, 0.15) is 6.42 Å². The fourth-order valence-corrected chi connectivity index (χ4v) is 1.10. The number of aromatic nitrogens is 3. The van der Waals surface area contributed by atoms with Crippen molar-refractivity contribution in [1.29, 1.82) is 0 Å². The number of amides is 1. The highest BCUT2D eigenvalue weighted by molar-refractivity contribution is 5.77. The van der Waals surface area contributed by atoms with Crippen molar-refractivity contribution in [1.82, 2.24) is 20.3 Å². The van der Waals surface area contributed by atoms with Crippen molar-refractivity contribution in [2.75, 3.05) is 19.8 Å². The van der Waals surface area contributed by atoms with E-state index in [1.165, 1.54) is 0 Å². The smallest absolute Gasteiger partial charge is 0.329 e. The highest BCUT2D eigenvalue weighted by atomic mass is 16.5. The lowest BCUT2D eigenvalue weighted by Crippen LogP contribution is -2.29. The molecule has 1 heterocycles. The van der Waals surface area contributed by atoms with Crippen LogP contribution >= 0.6 is 0 Å². The number of carboxylic acids is 1. The summed E-state index contributed by atoms with van der Waals surface area (Å²) in [6, 6.07) is 0. The van der Waals surface area contributed by atoms with Crippen molar-refractivity contribution in [3.8, 4) is 0 Å². The molecule has 8 nitrogen and oxygen atoms in total. The van der Waals surface area contributed by atoms with Crippen LogP contribution in [0, 0.1) is 0 Å². The molecule has 94 valence electrons. The number of carbonyl (C=O) groups is 2. The van der Waals surface area contributed by atoms with E-state index in [0.29, 0.717) is 19.5 Å². The molecular formula is C9H14N4O4. The first-order valence-corrected chi connectivity index (χ1v) is 5.09. The van der Waals surface area contributed by atoms with Gasteiger partial charge in [0.15, 0.2) is 0 Å². The predicted molar refractivity (Wildman–Crippen MR) is 56.1 cm³/mol. The van der Waals surface area contributed by atoms with Crippen molar-refractivity contribution in [2.45, 2.75) is 13.0 Å². The molecule has 0 bridgehead atoms. The van der Waals surface area contributed by atoms with Crippen molar-refractivity contribution >= 4 is 11.9 Å². The third kappa shape index (κ3) is 6.25. The van der Waals surface area contributed by atoms with Gasteiger partial charge >= 0.3 is 5.97 Å². The number of carbonyl (C=O) groups excluding carboxylic acids is 1. The fourth-order valence-electron chi connectivity index (χ4n) is 1.10. The van der Waals surface area contributed by atoms with Crippen LogP contribution in [-0.4, -0.2) is 51.7 Å². The summed E-state index contributed by atoms with van der Waals surface area (Å²) in [6.07, 6.45) is 4.03. The second kappa shape index (κ2) is 7.34. The number of hydrogen-bond donors (Lipinski definition) is 2. The summed E-state index contributed by atoms with van der Waals surface area (Å²) in [6.45, 7) is 0.438. The highest BCUT2D eigenvalue weighted by Gasteiger charge is 2.02. The van der Waals surface area contributed by atoms with Crippen LogP contribution in [0.25, 0.3) is 0 Å². The molecule has 0 atom stereocenters.